The van der Waals surface area contributed by atoms with Crippen LogP contribution in [0.5, 0.6) is 0 Å². The number of benzene rings is 1. The molecule has 18 heavy (non-hydrogen) atoms. The molecule has 0 bridgehead atoms. The van der Waals surface area contributed by atoms with E-state index in [1.54, 1.807) is 0 Å². The van der Waals surface area contributed by atoms with Crippen molar-refractivity contribution in [3.8, 4) is 0 Å². The molecule has 0 aliphatic rings. The highest BCUT2D eigenvalue weighted by Crippen LogP contribution is 2.14. The lowest BCUT2D eigenvalue weighted by Gasteiger charge is -2.15. The Morgan fingerprint density at radius 1 is 1.22 bits per heavy atom. The summed E-state index contributed by atoms with van der Waals surface area (Å²) in [6.45, 7) is 2.20. The molecule has 0 aliphatic carbocycles. The van der Waals surface area contributed by atoms with Crippen molar-refractivity contribution in [3.63, 3.8) is 0 Å². The molecule has 3 heteroatoms. The molecule has 0 spiro atoms. The summed E-state index contributed by atoms with van der Waals surface area (Å²) >= 11 is 0. The van der Waals surface area contributed by atoms with Crippen LogP contribution in [-0.4, -0.2) is 11.0 Å². The number of nitrogens with one attached hydrogen (secondary N) is 1. The van der Waals surface area contributed by atoms with E-state index in [4.69, 9.17) is 5.84 Å². The smallest absolute Gasteiger partial charge is 0.0705 e. The van der Waals surface area contributed by atoms with Gasteiger partial charge in [-0.05, 0) is 18.6 Å². The van der Waals surface area contributed by atoms with E-state index in [1.165, 1.54) is 18.2 Å². The molecule has 1 atom stereocenters. The van der Waals surface area contributed by atoms with E-state index in [0.717, 1.165) is 24.1 Å². The number of unbranched alkanes of at least 4 members (excludes halogenated alkanes) is 1. The first-order valence-electron chi connectivity index (χ1n) is 6.64. The van der Waals surface area contributed by atoms with Crippen LogP contribution < -0.4 is 11.3 Å². The Labute approximate surface area is 108 Å². The van der Waals surface area contributed by atoms with Gasteiger partial charge < -0.3 is 0 Å². The standard InChI is InChI=1S/C15H21N3/c1-2-3-7-14(18-16)11-13-10-9-12-6-4-5-8-15(12)17-13/h4-6,8-10,14,18H,2-3,7,11,16H2,1H3. The molecule has 1 aromatic carbocycles. The Morgan fingerprint density at radius 3 is 2.83 bits per heavy atom. The zero-order valence-electron chi connectivity index (χ0n) is 10.9. The zero-order valence-corrected chi connectivity index (χ0v) is 10.9. The third-order valence-electron chi connectivity index (χ3n) is 3.25. The number of pyridine rings is 1. The quantitative estimate of drug-likeness (QED) is 0.606. The van der Waals surface area contributed by atoms with Crippen LogP contribution in [-0.2, 0) is 6.42 Å². The summed E-state index contributed by atoms with van der Waals surface area (Å²) < 4.78 is 0. The van der Waals surface area contributed by atoms with Gasteiger partial charge in [0.05, 0.1) is 5.52 Å². The van der Waals surface area contributed by atoms with E-state index in [2.05, 4.69) is 41.6 Å². The molecule has 3 N–H and O–H groups in total. The van der Waals surface area contributed by atoms with E-state index in [-0.39, 0.29) is 0 Å². The fraction of sp³-hybridized carbons (Fsp3) is 0.400. The van der Waals surface area contributed by atoms with Crippen LogP contribution in [0.25, 0.3) is 10.9 Å². The van der Waals surface area contributed by atoms with Crippen molar-refractivity contribution < 1.29 is 0 Å². The molecule has 1 unspecified atom stereocenters. The SMILES string of the molecule is CCCCC(Cc1ccc2ccccc2n1)NN. The van der Waals surface area contributed by atoms with Crippen molar-refractivity contribution in [2.75, 3.05) is 0 Å². The molecular formula is C15H21N3. The van der Waals surface area contributed by atoms with Gasteiger partial charge in [-0.3, -0.25) is 16.3 Å². The number of hydrogen-bond acceptors (Lipinski definition) is 3. The minimum Gasteiger partial charge on any atom is -0.271 e. The minimum atomic E-state index is 0.318. The van der Waals surface area contributed by atoms with Gasteiger partial charge in [0.15, 0.2) is 0 Å². The topological polar surface area (TPSA) is 50.9 Å². The second-order valence-electron chi connectivity index (χ2n) is 4.71. The Hall–Kier alpha value is -1.45. The average Bonchev–Trinajstić information content (AvgIpc) is 2.43. The molecule has 0 fully saturated rings. The number of hydrogen-bond donors (Lipinski definition) is 2. The highest BCUT2D eigenvalue weighted by molar-refractivity contribution is 5.78. The fourth-order valence-electron chi connectivity index (χ4n) is 2.17. The van der Waals surface area contributed by atoms with Crippen LogP contribution in [0.4, 0.5) is 0 Å². The molecule has 0 aliphatic heterocycles. The first-order chi connectivity index (χ1) is 8.83. The number of nitrogens with two attached hydrogens (primary N) is 1. The van der Waals surface area contributed by atoms with Gasteiger partial charge in [-0.15, -0.1) is 0 Å². The third-order valence-corrected chi connectivity index (χ3v) is 3.25. The number of aromatic nitrogens is 1. The molecule has 2 aromatic rings. The van der Waals surface area contributed by atoms with Gasteiger partial charge in [0, 0.05) is 23.5 Å². The Kier molecular flexibility index (Phi) is 4.67. The maximum Gasteiger partial charge on any atom is 0.0705 e. The number of rotatable bonds is 6. The summed E-state index contributed by atoms with van der Waals surface area (Å²) in [5, 5.41) is 1.19. The predicted molar refractivity (Wildman–Crippen MR) is 76.1 cm³/mol. The molecule has 0 saturated carbocycles. The van der Waals surface area contributed by atoms with Gasteiger partial charge in [-0.25, -0.2) is 0 Å². The Balaban J connectivity index is 2.10. The average molecular weight is 243 g/mol. The number of para-hydroxylation sites is 1. The van der Waals surface area contributed by atoms with E-state index >= 15 is 0 Å². The first-order valence-corrected chi connectivity index (χ1v) is 6.64. The second-order valence-corrected chi connectivity index (χ2v) is 4.71. The van der Waals surface area contributed by atoms with Gasteiger partial charge in [0.2, 0.25) is 0 Å². The van der Waals surface area contributed by atoms with E-state index in [1.807, 2.05) is 12.1 Å². The van der Waals surface area contributed by atoms with Crippen LogP contribution in [0.2, 0.25) is 0 Å². The zero-order chi connectivity index (χ0) is 12.8. The summed E-state index contributed by atoms with van der Waals surface area (Å²) in [4.78, 5) is 4.68. The maximum atomic E-state index is 5.60. The highest BCUT2D eigenvalue weighted by Gasteiger charge is 2.08. The molecule has 96 valence electrons. The third kappa shape index (κ3) is 3.28. The molecule has 1 aromatic heterocycles. The lowest BCUT2D eigenvalue weighted by atomic mass is 10.0. The van der Waals surface area contributed by atoms with E-state index in [0.29, 0.717) is 6.04 Å². The lowest BCUT2D eigenvalue weighted by Crippen LogP contribution is -2.36. The van der Waals surface area contributed by atoms with Crippen LogP contribution >= 0.6 is 0 Å². The molecule has 0 amide bonds. The van der Waals surface area contributed by atoms with E-state index in [9.17, 15) is 0 Å². The molecule has 0 saturated heterocycles. The van der Waals surface area contributed by atoms with Crippen molar-refractivity contribution in [3.05, 3.63) is 42.1 Å². The fourth-order valence-corrected chi connectivity index (χ4v) is 2.17. The molecule has 2 rings (SSSR count). The largest absolute Gasteiger partial charge is 0.271 e. The van der Waals surface area contributed by atoms with Gasteiger partial charge in [0.25, 0.3) is 0 Å². The van der Waals surface area contributed by atoms with Crippen LogP contribution in [0, 0.1) is 0 Å². The number of nitrogens with zero attached hydrogens (tertiary/aromatic N) is 1. The summed E-state index contributed by atoms with van der Waals surface area (Å²) in [7, 11) is 0. The highest BCUT2D eigenvalue weighted by atomic mass is 15.2. The molecule has 3 nitrogen and oxygen atoms in total. The predicted octanol–water partition coefficient (Wildman–Crippen LogP) is 2.80. The summed E-state index contributed by atoms with van der Waals surface area (Å²) in [6, 6.07) is 12.7. The van der Waals surface area contributed by atoms with Crippen molar-refractivity contribution in [1.82, 2.24) is 10.4 Å². The van der Waals surface area contributed by atoms with Gasteiger partial charge in [-0.1, -0.05) is 44.0 Å². The van der Waals surface area contributed by atoms with Crippen LogP contribution in [0.1, 0.15) is 31.9 Å². The maximum absolute atomic E-state index is 5.60. The van der Waals surface area contributed by atoms with Gasteiger partial charge >= 0.3 is 0 Å². The van der Waals surface area contributed by atoms with Gasteiger partial charge in [-0.2, -0.15) is 0 Å². The lowest BCUT2D eigenvalue weighted by molar-refractivity contribution is 0.470. The normalized spacial score (nSPS) is 12.8. The minimum absolute atomic E-state index is 0.318. The molecule has 0 radical (unpaired) electrons. The Morgan fingerprint density at radius 2 is 2.06 bits per heavy atom. The Bertz CT molecular complexity index is 496. The van der Waals surface area contributed by atoms with Gasteiger partial charge in [0.1, 0.15) is 0 Å². The first kappa shape index (κ1) is 13.0. The van der Waals surface area contributed by atoms with Crippen LogP contribution in [0.3, 0.4) is 0 Å². The monoisotopic (exact) mass is 243 g/mol. The summed E-state index contributed by atoms with van der Waals surface area (Å²) in [5.74, 6) is 5.60. The van der Waals surface area contributed by atoms with Crippen molar-refractivity contribution >= 4 is 10.9 Å². The number of hydrazine groups is 1. The van der Waals surface area contributed by atoms with Crippen molar-refractivity contribution in [2.24, 2.45) is 5.84 Å². The van der Waals surface area contributed by atoms with Crippen molar-refractivity contribution in [1.29, 1.82) is 0 Å². The summed E-state index contributed by atoms with van der Waals surface area (Å²) in [6.07, 6.45) is 4.38. The van der Waals surface area contributed by atoms with Crippen LogP contribution in [0.15, 0.2) is 36.4 Å². The summed E-state index contributed by atoms with van der Waals surface area (Å²) in [5.41, 5.74) is 5.05. The second kappa shape index (κ2) is 6.47. The number of fused-ring (bicyclic) bond motifs is 1. The van der Waals surface area contributed by atoms with E-state index < -0.39 is 0 Å². The van der Waals surface area contributed by atoms with Crippen molar-refractivity contribution in [2.45, 2.75) is 38.6 Å². The molecule has 1 heterocycles. The molecular weight excluding hydrogens is 222 g/mol.